The van der Waals surface area contributed by atoms with E-state index < -0.39 is 21.7 Å². The minimum Gasteiger partial charge on any atom is -0.457 e. The third kappa shape index (κ3) is 6.23. The normalized spacial score (nSPS) is 11.6. The standard InChI is InChI=1S/C20H23NO6S2/c1-13-10-15(6-9-18(13)28-5)26-17-8-7-16(11-14(17)12-22)29(24,25)21-19(23)27-20(2,3)4/h6-12H,1-5H3,(H,21,23). The van der Waals surface area contributed by atoms with Gasteiger partial charge in [-0.25, -0.2) is 17.9 Å². The van der Waals surface area contributed by atoms with Crippen molar-refractivity contribution in [2.45, 2.75) is 43.1 Å². The van der Waals surface area contributed by atoms with Gasteiger partial charge in [0.2, 0.25) is 0 Å². The van der Waals surface area contributed by atoms with Crippen LogP contribution in [0.15, 0.2) is 46.2 Å². The minimum absolute atomic E-state index is 0.0312. The fraction of sp³-hybridized carbons (Fsp3) is 0.300. The summed E-state index contributed by atoms with van der Waals surface area (Å²) in [7, 11) is -4.21. The van der Waals surface area contributed by atoms with Gasteiger partial charge in [-0.2, -0.15) is 0 Å². The monoisotopic (exact) mass is 437 g/mol. The highest BCUT2D eigenvalue weighted by molar-refractivity contribution is 7.98. The number of carbonyl (C=O) groups is 2. The lowest BCUT2D eigenvalue weighted by molar-refractivity contribution is 0.0570. The van der Waals surface area contributed by atoms with E-state index in [1.54, 1.807) is 38.6 Å². The van der Waals surface area contributed by atoms with Crippen molar-refractivity contribution in [3.63, 3.8) is 0 Å². The molecule has 1 N–H and O–H groups in total. The number of aldehydes is 1. The fourth-order valence-electron chi connectivity index (χ4n) is 2.39. The Morgan fingerprint density at radius 3 is 2.38 bits per heavy atom. The number of carbonyl (C=O) groups excluding carboxylic acids is 2. The molecule has 0 aliphatic rings. The first kappa shape index (κ1) is 22.8. The van der Waals surface area contributed by atoms with E-state index in [0.29, 0.717) is 12.0 Å². The summed E-state index contributed by atoms with van der Waals surface area (Å²) in [5, 5.41) is 0. The third-order valence-electron chi connectivity index (χ3n) is 3.63. The number of rotatable bonds is 6. The molecule has 0 radical (unpaired) electrons. The molecule has 7 nitrogen and oxygen atoms in total. The van der Waals surface area contributed by atoms with Gasteiger partial charge in [-0.3, -0.25) is 4.79 Å². The van der Waals surface area contributed by atoms with Gasteiger partial charge in [-0.15, -0.1) is 11.8 Å². The van der Waals surface area contributed by atoms with E-state index in [2.05, 4.69) is 0 Å². The zero-order valence-corrected chi connectivity index (χ0v) is 18.4. The molecule has 0 aliphatic heterocycles. The number of hydrogen-bond donors (Lipinski definition) is 1. The average molecular weight is 438 g/mol. The van der Waals surface area contributed by atoms with Crippen molar-refractivity contribution in [3.05, 3.63) is 47.5 Å². The Bertz CT molecular complexity index is 1030. The van der Waals surface area contributed by atoms with Crippen LogP contribution in [0.5, 0.6) is 11.5 Å². The van der Waals surface area contributed by atoms with E-state index in [0.717, 1.165) is 16.5 Å². The van der Waals surface area contributed by atoms with Gasteiger partial charge in [-0.05, 0) is 75.9 Å². The van der Waals surface area contributed by atoms with Crippen molar-refractivity contribution in [2.75, 3.05) is 6.26 Å². The first-order chi connectivity index (χ1) is 13.4. The number of benzene rings is 2. The number of sulfonamides is 1. The van der Waals surface area contributed by atoms with Gasteiger partial charge in [0.15, 0.2) is 6.29 Å². The van der Waals surface area contributed by atoms with Gasteiger partial charge >= 0.3 is 6.09 Å². The average Bonchev–Trinajstić information content (AvgIpc) is 2.60. The molecule has 0 unspecified atom stereocenters. The lowest BCUT2D eigenvalue weighted by Crippen LogP contribution is -2.36. The Morgan fingerprint density at radius 1 is 1.14 bits per heavy atom. The van der Waals surface area contributed by atoms with E-state index in [4.69, 9.17) is 9.47 Å². The third-order valence-corrected chi connectivity index (χ3v) is 5.84. The molecule has 0 saturated heterocycles. The summed E-state index contributed by atoms with van der Waals surface area (Å²) in [5.41, 5.74) is 0.196. The number of thioether (sulfide) groups is 1. The number of aryl methyl sites for hydroxylation is 1. The molecule has 0 saturated carbocycles. The number of hydrogen-bond acceptors (Lipinski definition) is 7. The van der Waals surface area contributed by atoms with Gasteiger partial charge in [0, 0.05) is 4.90 Å². The fourth-order valence-corrected chi connectivity index (χ4v) is 3.88. The zero-order chi connectivity index (χ0) is 21.8. The Kier molecular flexibility index (Phi) is 6.97. The molecule has 2 rings (SSSR count). The van der Waals surface area contributed by atoms with Crippen LogP contribution in [-0.2, 0) is 14.8 Å². The van der Waals surface area contributed by atoms with E-state index in [1.807, 2.05) is 30.0 Å². The molecule has 2 aromatic carbocycles. The Hall–Kier alpha value is -2.52. The molecule has 156 valence electrons. The maximum Gasteiger partial charge on any atom is 0.421 e. The maximum atomic E-state index is 12.4. The van der Waals surface area contributed by atoms with Gasteiger partial charge in [-0.1, -0.05) is 0 Å². The van der Waals surface area contributed by atoms with Crippen LogP contribution in [0.1, 0.15) is 36.7 Å². The zero-order valence-electron chi connectivity index (χ0n) is 16.8. The van der Waals surface area contributed by atoms with Crippen LogP contribution in [0.4, 0.5) is 4.79 Å². The highest BCUT2D eigenvalue weighted by Crippen LogP contribution is 2.30. The molecule has 0 heterocycles. The first-order valence-electron chi connectivity index (χ1n) is 8.63. The summed E-state index contributed by atoms with van der Waals surface area (Å²) < 4.78 is 37.3. The molecule has 0 aromatic heterocycles. The van der Waals surface area contributed by atoms with Gasteiger partial charge in [0.05, 0.1) is 10.5 Å². The van der Waals surface area contributed by atoms with Gasteiger partial charge < -0.3 is 9.47 Å². The summed E-state index contributed by atoms with van der Waals surface area (Å²) >= 11 is 1.61. The van der Waals surface area contributed by atoms with E-state index >= 15 is 0 Å². The van der Waals surface area contributed by atoms with Crippen molar-refractivity contribution in [2.24, 2.45) is 0 Å². The number of ether oxygens (including phenoxy) is 2. The molecule has 1 amide bonds. The Labute approximate surface area is 174 Å². The SMILES string of the molecule is CSc1ccc(Oc2ccc(S(=O)(=O)NC(=O)OC(C)(C)C)cc2C=O)cc1C. The summed E-state index contributed by atoms with van der Waals surface area (Å²) in [6, 6.07) is 9.25. The van der Waals surface area contributed by atoms with Crippen molar-refractivity contribution in [1.29, 1.82) is 0 Å². The van der Waals surface area contributed by atoms with Crippen molar-refractivity contribution in [3.8, 4) is 11.5 Å². The van der Waals surface area contributed by atoms with Crippen LogP contribution < -0.4 is 9.46 Å². The van der Waals surface area contributed by atoms with Crippen molar-refractivity contribution < 1.29 is 27.5 Å². The molecule has 29 heavy (non-hydrogen) atoms. The number of amides is 1. The quantitative estimate of drug-likeness (QED) is 0.523. The largest absolute Gasteiger partial charge is 0.457 e. The number of nitrogens with one attached hydrogen (secondary N) is 1. The molecule has 0 bridgehead atoms. The Balaban J connectivity index is 2.27. The van der Waals surface area contributed by atoms with Crippen molar-refractivity contribution >= 4 is 34.2 Å². The molecule has 9 heteroatoms. The maximum absolute atomic E-state index is 12.4. The predicted octanol–water partition coefficient (Wildman–Crippen LogP) is 4.54. The van der Waals surface area contributed by atoms with E-state index in [-0.39, 0.29) is 16.2 Å². The van der Waals surface area contributed by atoms with E-state index in [1.165, 1.54) is 12.1 Å². The van der Waals surface area contributed by atoms with Crippen LogP contribution >= 0.6 is 11.8 Å². The highest BCUT2D eigenvalue weighted by Gasteiger charge is 2.24. The minimum atomic E-state index is -4.21. The summed E-state index contributed by atoms with van der Waals surface area (Å²) in [6.07, 6.45) is 1.36. The highest BCUT2D eigenvalue weighted by atomic mass is 32.2. The summed E-state index contributed by atoms with van der Waals surface area (Å²) in [4.78, 5) is 24.1. The molecular weight excluding hydrogens is 414 g/mol. The Morgan fingerprint density at radius 2 is 1.83 bits per heavy atom. The second-order valence-electron chi connectivity index (χ2n) is 7.16. The second kappa shape index (κ2) is 8.87. The molecule has 0 atom stereocenters. The molecule has 0 fully saturated rings. The lowest BCUT2D eigenvalue weighted by atomic mass is 10.2. The predicted molar refractivity (Wildman–Crippen MR) is 111 cm³/mol. The van der Waals surface area contributed by atoms with E-state index in [9.17, 15) is 18.0 Å². The second-order valence-corrected chi connectivity index (χ2v) is 9.69. The first-order valence-corrected chi connectivity index (χ1v) is 11.3. The molecule has 0 spiro atoms. The van der Waals surface area contributed by atoms with Crippen LogP contribution in [0.3, 0.4) is 0 Å². The summed E-state index contributed by atoms with van der Waals surface area (Å²) in [6.45, 7) is 6.78. The van der Waals surface area contributed by atoms with Gasteiger partial charge in [0.1, 0.15) is 17.1 Å². The van der Waals surface area contributed by atoms with Crippen LogP contribution in [-0.4, -0.2) is 32.7 Å². The smallest absolute Gasteiger partial charge is 0.421 e. The van der Waals surface area contributed by atoms with Crippen LogP contribution in [0.25, 0.3) is 0 Å². The van der Waals surface area contributed by atoms with Crippen LogP contribution in [0, 0.1) is 6.92 Å². The van der Waals surface area contributed by atoms with Crippen molar-refractivity contribution in [1.82, 2.24) is 4.72 Å². The topological polar surface area (TPSA) is 98.8 Å². The molecule has 0 aliphatic carbocycles. The molecule has 2 aromatic rings. The summed E-state index contributed by atoms with van der Waals surface area (Å²) in [5.74, 6) is 0.721. The van der Waals surface area contributed by atoms with Gasteiger partial charge in [0.25, 0.3) is 10.0 Å². The van der Waals surface area contributed by atoms with Crippen LogP contribution in [0.2, 0.25) is 0 Å². The lowest BCUT2D eigenvalue weighted by Gasteiger charge is -2.19. The molecular formula is C20H23NO6S2.